The number of hydrogen-bond acceptors (Lipinski definition) is 3. The molecule has 2 aromatic carbocycles. The van der Waals surface area contributed by atoms with E-state index in [0.717, 1.165) is 23.4 Å². The third-order valence-corrected chi connectivity index (χ3v) is 4.60. The molecule has 23 heavy (non-hydrogen) atoms. The van der Waals surface area contributed by atoms with Gasteiger partial charge >= 0.3 is 0 Å². The predicted molar refractivity (Wildman–Crippen MR) is 90.1 cm³/mol. The Hall–Kier alpha value is -2.46. The first-order valence-corrected chi connectivity index (χ1v) is 7.80. The van der Waals surface area contributed by atoms with Gasteiger partial charge in [-0.05, 0) is 18.1 Å². The molecule has 1 unspecified atom stereocenters. The number of nitrogens with zero attached hydrogens (tertiary/aromatic N) is 3. The van der Waals surface area contributed by atoms with Crippen molar-refractivity contribution in [3.05, 3.63) is 59.2 Å². The van der Waals surface area contributed by atoms with Crippen LogP contribution in [-0.2, 0) is 18.2 Å². The fourth-order valence-corrected chi connectivity index (χ4v) is 3.48. The Morgan fingerprint density at radius 1 is 1.13 bits per heavy atom. The van der Waals surface area contributed by atoms with Crippen LogP contribution in [0.25, 0.3) is 22.5 Å². The molecule has 0 spiro atoms. The SMILES string of the molecule is COC1Cc2cc(C)ccc2-c2c(nnn2C)-c2ccccc21. The monoisotopic (exact) mass is 305 g/mol. The summed E-state index contributed by atoms with van der Waals surface area (Å²) in [5.41, 5.74) is 7.99. The highest BCUT2D eigenvalue weighted by molar-refractivity contribution is 5.82. The van der Waals surface area contributed by atoms with Crippen molar-refractivity contribution in [2.24, 2.45) is 7.05 Å². The number of hydrogen-bond donors (Lipinski definition) is 0. The fraction of sp³-hybridized carbons (Fsp3) is 0.263. The molecule has 0 saturated carbocycles. The lowest BCUT2D eigenvalue weighted by Gasteiger charge is -2.24. The molecule has 0 saturated heterocycles. The van der Waals surface area contributed by atoms with E-state index in [1.807, 2.05) is 17.8 Å². The van der Waals surface area contributed by atoms with Gasteiger partial charge in [0.1, 0.15) is 5.69 Å². The molecular weight excluding hydrogens is 286 g/mol. The minimum atomic E-state index is 0.0157. The number of fused-ring (bicyclic) bond motifs is 5. The highest BCUT2D eigenvalue weighted by atomic mass is 16.5. The average molecular weight is 305 g/mol. The highest BCUT2D eigenvalue weighted by Crippen LogP contribution is 2.41. The lowest BCUT2D eigenvalue weighted by Crippen LogP contribution is -2.11. The van der Waals surface area contributed by atoms with Crippen molar-refractivity contribution in [2.75, 3.05) is 7.11 Å². The van der Waals surface area contributed by atoms with Crippen molar-refractivity contribution < 1.29 is 4.74 Å². The van der Waals surface area contributed by atoms with Crippen LogP contribution >= 0.6 is 0 Å². The van der Waals surface area contributed by atoms with Gasteiger partial charge in [0.2, 0.25) is 0 Å². The zero-order valence-electron chi connectivity index (χ0n) is 13.6. The third-order valence-electron chi connectivity index (χ3n) is 4.60. The Morgan fingerprint density at radius 2 is 1.96 bits per heavy atom. The van der Waals surface area contributed by atoms with Crippen LogP contribution in [0.15, 0.2) is 42.5 Å². The van der Waals surface area contributed by atoms with Crippen molar-refractivity contribution >= 4 is 0 Å². The van der Waals surface area contributed by atoms with Gasteiger partial charge in [0.15, 0.2) is 0 Å². The zero-order chi connectivity index (χ0) is 16.0. The zero-order valence-corrected chi connectivity index (χ0v) is 13.6. The Morgan fingerprint density at radius 3 is 2.78 bits per heavy atom. The van der Waals surface area contributed by atoms with Crippen molar-refractivity contribution in [1.29, 1.82) is 0 Å². The number of methoxy groups -OCH3 is 1. The second-order valence-electron chi connectivity index (χ2n) is 6.09. The number of aryl methyl sites for hydroxylation is 2. The molecular formula is C19H19N3O. The molecule has 4 rings (SSSR count). The van der Waals surface area contributed by atoms with Gasteiger partial charge in [-0.25, -0.2) is 4.68 Å². The lowest BCUT2D eigenvalue weighted by molar-refractivity contribution is 0.104. The molecule has 1 aromatic heterocycles. The van der Waals surface area contributed by atoms with Crippen molar-refractivity contribution in [3.8, 4) is 22.5 Å². The van der Waals surface area contributed by atoms with Gasteiger partial charge in [-0.15, -0.1) is 5.10 Å². The van der Waals surface area contributed by atoms with E-state index in [2.05, 4.69) is 53.6 Å². The molecule has 1 aliphatic carbocycles. The van der Waals surface area contributed by atoms with Crippen LogP contribution in [0.1, 0.15) is 22.8 Å². The average Bonchev–Trinajstić information content (AvgIpc) is 2.92. The summed E-state index contributed by atoms with van der Waals surface area (Å²) in [6.07, 6.45) is 0.858. The van der Waals surface area contributed by atoms with E-state index in [1.165, 1.54) is 22.3 Å². The molecule has 4 heteroatoms. The summed E-state index contributed by atoms with van der Waals surface area (Å²) in [6, 6.07) is 14.9. The Bertz CT molecular complexity index is 882. The first-order chi connectivity index (χ1) is 11.2. The normalized spacial score (nSPS) is 16.0. The van der Waals surface area contributed by atoms with Gasteiger partial charge in [-0.1, -0.05) is 53.2 Å². The van der Waals surface area contributed by atoms with Gasteiger partial charge in [0, 0.05) is 31.7 Å². The van der Waals surface area contributed by atoms with E-state index in [4.69, 9.17) is 4.74 Å². The predicted octanol–water partition coefficient (Wildman–Crippen LogP) is 3.70. The van der Waals surface area contributed by atoms with Crippen LogP contribution in [0.3, 0.4) is 0 Å². The summed E-state index contributed by atoms with van der Waals surface area (Å²) in [5, 5.41) is 8.73. The summed E-state index contributed by atoms with van der Waals surface area (Å²) in [7, 11) is 3.73. The quantitative estimate of drug-likeness (QED) is 0.688. The molecule has 1 atom stereocenters. The summed E-state index contributed by atoms with van der Waals surface area (Å²) in [5.74, 6) is 0. The number of benzene rings is 2. The van der Waals surface area contributed by atoms with E-state index in [9.17, 15) is 0 Å². The molecule has 0 radical (unpaired) electrons. The van der Waals surface area contributed by atoms with Crippen LogP contribution in [0.5, 0.6) is 0 Å². The van der Waals surface area contributed by atoms with Crippen LogP contribution in [0.2, 0.25) is 0 Å². The summed E-state index contributed by atoms with van der Waals surface area (Å²) in [6.45, 7) is 2.12. The number of rotatable bonds is 1. The summed E-state index contributed by atoms with van der Waals surface area (Å²) >= 11 is 0. The van der Waals surface area contributed by atoms with E-state index in [1.54, 1.807) is 7.11 Å². The third kappa shape index (κ3) is 2.18. The summed E-state index contributed by atoms with van der Waals surface area (Å²) < 4.78 is 7.69. The Balaban J connectivity index is 2.08. The minimum Gasteiger partial charge on any atom is -0.376 e. The van der Waals surface area contributed by atoms with Crippen LogP contribution in [0.4, 0.5) is 0 Å². The van der Waals surface area contributed by atoms with E-state index < -0.39 is 0 Å². The standard InChI is InChI=1S/C19H19N3O/c1-12-8-9-14-13(10-12)11-17(23-3)15-6-4-5-7-16(15)18-19(14)22(2)21-20-18/h4-10,17H,11H2,1-3H3. The first-order valence-electron chi connectivity index (χ1n) is 7.80. The Kier molecular flexibility index (Phi) is 3.27. The van der Waals surface area contributed by atoms with Crippen molar-refractivity contribution in [2.45, 2.75) is 19.4 Å². The fourth-order valence-electron chi connectivity index (χ4n) is 3.48. The van der Waals surface area contributed by atoms with Gasteiger partial charge < -0.3 is 4.74 Å². The molecule has 3 aromatic rings. The van der Waals surface area contributed by atoms with E-state index >= 15 is 0 Å². The number of ether oxygens (including phenoxy) is 1. The molecule has 1 aliphatic rings. The first kappa shape index (κ1) is 14.2. The smallest absolute Gasteiger partial charge is 0.121 e. The molecule has 0 amide bonds. The van der Waals surface area contributed by atoms with E-state index in [0.29, 0.717) is 0 Å². The molecule has 0 fully saturated rings. The maximum Gasteiger partial charge on any atom is 0.121 e. The van der Waals surface area contributed by atoms with Crippen molar-refractivity contribution in [1.82, 2.24) is 15.0 Å². The van der Waals surface area contributed by atoms with Gasteiger partial charge in [0.25, 0.3) is 0 Å². The number of aromatic nitrogens is 3. The minimum absolute atomic E-state index is 0.0157. The molecule has 0 N–H and O–H groups in total. The highest BCUT2D eigenvalue weighted by Gasteiger charge is 2.27. The second kappa shape index (κ2) is 5.32. The summed E-state index contributed by atoms with van der Waals surface area (Å²) in [4.78, 5) is 0. The maximum absolute atomic E-state index is 5.82. The topological polar surface area (TPSA) is 39.9 Å². The maximum atomic E-state index is 5.82. The van der Waals surface area contributed by atoms with Crippen LogP contribution < -0.4 is 0 Å². The van der Waals surface area contributed by atoms with Crippen molar-refractivity contribution in [3.63, 3.8) is 0 Å². The van der Waals surface area contributed by atoms with Crippen LogP contribution in [-0.4, -0.2) is 22.1 Å². The molecule has 116 valence electrons. The van der Waals surface area contributed by atoms with E-state index in [-0.39, 0.29) is 6.10 Å². The molecule has 0 aliphatic heterocycles. The van der Waals surface area contributed by atoms with Gasteiger partial charge in [-0.3, -0.25) is 0 Å². The van der Waals surface area contributed by atoms with Crippen LogP contribution in [0, 0.1) is 6.92 Å². The molecule has 4 nitrogen and oxygen atoms in total. The van der Waals surface area contributed by atoms with Gasteiger partial charge in [-0.2, -0.15) is 0 Å². The molecule has 1 heterocycles. The Labute approximate surface area is 135 Å². The second-order valence-corrected chi connectivity index (χ2v) is 6.09. The molecule has 0 bridgehead atoms. The van der Waals surface area contributed by atoms with Gasteiger partial charge in [0.05, 0.1) is 11.8 Å². The largest absolute Gasteiger partial charge is 0.376 e. The lowest BCUT2D eigenvalue weighted by atomic mass is 9.87.